The summed E-state index contributed by atoms with van der Waals surface area (Å²) in [4.78, 5) is 25.3. The van der Waals surface area contributed by atoms with Crippen LogP contribution >= 0.6 is 11.6 Å². The van der Waals surface area contributed by atoms with Crippen LogP contribution in [-0.4, -0.2) is 29.9 Å². The number of halogens is 2. The van der Waals surface area contributed by atoms with Gasteiger partial charge in [-0.25, -0.2) is 9.18 Å². The van der Waals surface area contributed by atoms with Crippen molar-refractivity contribution >= 4 is 29.2 Å². The molecule has 148 valence electrons. The molecule has 0 saturated carbocycles. The van der Waals surface area contributed by atoms with Crippen molar-refractivity contribution in [3.05, 3.63) is 58.9 Å². The molecule has 1 heterocycles. The Balaban J connectivity index is 1.59. The van der Waals surface area contributed by atoms with E-state index < -0.39 is 6.03 Å². The molecule has 0 spiro atoms. The number of nitrogens with zero attached hydrogens (tertiary/aromatic N) is 1. The van der Waals surface area contributed by atoms with E-state index in [-0.39, 0.29) is 24.2 Å². The molecule has 1 saturated heterocycles. The van der Waals surface area contributed by atoms with E-state index in [1.807, 2.05) is 0 Å². The Morgan fingerprint density at radius 2 is 2.11 bits per heavy atom. The van der Waals surface area contributed by atoms with Crippen molar-refractivity contribution in [3.8, 4) is 5.75 Å². The minimum atomic E-state index is -0.514. The predicted molar refractivity (Wildman–Crippen MR) is 105 cm³/mol. The summed E-state index contributed by atoms with van der Waals surface area (Å²) in [6.07, 6.45) is 1.42. The van der Waals surface area contributed by atoms with Gasteiger partial charge in [0.15, 0.2) is 0 Å². The molecule has 2 aromatic rings. The Morgan fingerprint density at radius 3 is 2.82 bits per heavy atom. The maximum Gasteiger partial charge on any atom is 0.314 e. The molecular weight excluding hydrogens is 385 g/mol. The summed E-state index contributed by atoms with van der Waals surface area (Å²) in [5.74, 6) is -0.399. The van der Waals surface area contributed by atoms with Gasteiger partial charge < -0.3 is 20.7 Å². The van der Waals surface area contributed by atoms with Crippen LogP contribution in [0.1, 0.15) is 18.4 Å². The Hall–Kier alpha value is -2.80. The van der Waals surface area contributed by atoms with E-state index in [2.05, 4.69) is 5.32 Å². The van der Waals surface area contributed by atoms with Crippen LogP contribution in [0.15, 0.2) is 42.5 Å². The molecule has 0 bridgehead atoms. The number of carbonyl (C=O) groups is 2. The highest BCUT2D eigenvalue weighted by Gasteiger charge is 2.27. The first-order chi connectivity index (χ1) is 13.4. The molecule has 1 aliphatic heterocycles. The quantitative estimate of drug-likeness (QED) is 0.793. The zero-order valence-electron chi connectivity index (χ0n) is 15.2. The number of hydrogen-bond donors (Lipinski definition) is 2. The monoisotopic (exact) mass is 405 g/mol. The summed E-state index contributed by atoms with van der Waals surface area (Å²) < 4.78 is 18.8. The van der Waals surface area contributed by atoms with Gasteiger partial charge in [-0.05, 0) is 48.7 Å². The van der Waals surface area contributed by atoms with Crippen LogP contribution in [-0.2, 0) is 11.4 Å². The van der Waals surface area contributed by atoms with E-state index in [1.165, 1.54) is 17.0 Å². The van der Waals surface area contributed by atoms with Crippen molar-refractivity contribution in [2.45, 2.75) is 19.4 Å². The van der Waals surface area contributed by atoms with E-state index in [9.17, 15) is 14.0 Å². The lowest BCUT2D eigenvalue weighted by atomic mass is 9.97. The summed E-state index contributed by atoms with van der Waals surface area (Å²) in [5, 5.41) is 3.14. The number of urea groups is 1. The van der Waals surface area contributed by atoms with E-state index in [4.69, 9.17) is 22.1 Å². The van der Waals surface area contributed by atoms with Crippen LogP contribution in [0.3, 0.4) is 0 Å². The third-order valence-electron chi connectivity index (χ3n) is 4.59. The van der Waals surface area contributed by atoms with Gasteiger partial charge in [0, 0.05) is 18.8 Å². The minimum Gasteiger partial charge on any atom is -0.487 e. The van der Waals surface area contributed by atoms with Gasteiger partial charge in [-0.3, -0.25) is 4.79 Å². The predicted octanol–water partition coefficient (Wildman–Crippen LogP) is 3.79. The average Bonchev–Trinajstić information content (AvgIpc) is 2.67. The first kappa shape index (κ1) is 19.9. The number of benzene rings is 2. The highest BCUT2D eigenvalue weighted by Crippen LogP contribution is 2.29. The molecular formula is C20H21ClFN3O3. The Kier molecular flexibility index (Phi) is 6.36. The van der Waals surface area contributed by atoms with E-state index in [1.54, 1.807) is 30.3 Å². The molecule has 0 aromatic heterocycles. The number of anilines is 1. The second-order valence-corrected chi connectivity index (χ2v) is 7.08. The first-order valence-electron chi connectivity index (χ1n) is 8.94. The summed E-state index contributed by atoms with van der Waals surface area (Å²) in [6.45, 7) is 1.06. The zero-order chi connectivity index (χ0) is 20.1. The first-order valence-corrected chi connectivity index (χ1v) is 9.32. The normalized spacial score (nSPS) is 16.5. The molecule has 1 atom stereocenters. The lowest BCUT2D eigenvalue weighted by Gasteiger charge is -2.30. The minimum absolute atomic E-state index is 0.175. The molecule has 0 aliphatic carbocycles. The number of nitrogens with two attached hydrogens (primary N) is 1. The Bertz CT molecular complexity index is 878. The molecule has 28 heavy (non-hydrogen) atoms. The molecule has 0 radical (unpaired) electrons. The van der Waals surface area contributed by atoms with Crippen molar-refractivity contribution in [2.75, 3.05) is 18.4 Å². The molecule has 3 amide bonds. The van der Waals surface area contributed by atoms with Gasteiger partial charge >= 0.3 is 6.03 Å². The number of rotatable bonds is 5. The molecule has 6 nitrogen and oxygen atoms in total. The van der Waals surface area contributed by atoms with Crippen molar-refractivity contribution in [2.24, 2.45) is 11.7 Å². The van der Waals surface area contributed by atoms with Gasteiger partial charge in [0.25, 0.3) is 0 Å². The molecule has 1 fully saturated rings. The van der Waals surface area contributed by atoms with Crippen LogP contribution in [0.2, 0.25) is 5.02 Å². The maximum absolute atomic E-state index is 13.2. The second kappa shape index (κ2) is 8.93. The third-order valence-corrected chi connectivity index (χ3v) is 4.88. The lowest BCUT2D eigenvalue weighted by Crippen LogP contribution is -2.46. The number of amides is 3. The summed E-state index contributed by atoms with van der Waals surface area (Å²) in [6, 6.07) is 10.5. The van der Waals surface area contributed by atoms with Gasteiger partial charge in [0.2, 0.25) is 5.91 Å². The number of piperidine rings is 1. The summed E-state index contributed by atoms with van der Waals surface area (Å²) in [7, 11) is 0. The fraction of sp³-hybridized carbons (Fsp3) is 0.300. The maximum atomic E-state index is 13.2. The highest BCUT2D eigenvalue weighted by molar-refractivity contribution is 6.32. The number of likely N-dealkylation sites (tertiary alicyclic amines) is 1. The molecule has 3 rings (SSSR count). The lowest BCUT2D eigenvalue weighted by molar-refractivity contribution is -0.121. The fourth-order valence-corrected chi connectivity index (χ4v) is 3.35. The Morgan fingerprint density at radius 1 is 1.29 bits per heavy atom. The highest BCUT2D eigenvalue weighted by atomic mass is 35.5. The summed E-state index contributed by atoms with van der Waals surface area (Å²) in [5.41, 5.74) is 6.52. The van der Waals surface area contributed by atoms with Gasteiger partial charge in [0.1, 0.15) is 18.2 Å². The molecule has 3 N–H and O–H groups in total. The second-order valence-electron chi connectivity index (χ2n) is 6.68. The van der Waals surface area contributed by atoms with Crippen molar-refractivity contribution < 1.29 is 18.7 Å². The van der Waals surface area contributed by atoms with Crippen molar-refractivity contribution in [3.63, 3.8) is 0 Å². The number of nitrogens with one attached hydrogen (secondary N) is 1. The smallest absolute Gasteiger partial charge is 0.314 e. The van der Waals surface area contributed by atoms with Gasteiger partial charge in [-0.15, -0.1) is 0 Å². The van der Waals surface area contributed by atoms with Crippen LogP contribution in [0.5, 0.6) is 5.75 Å². The third kappa shape index (κ3) is 5.13. The van der Waals surface area contributed by atoms with Gasteiger partial charge in [0.05, 0.1) is 10.9 Å². The molecule has 1 aliphatic rings. The number of hydrogen-bond acceptors (Lipinski definition) is 3. The van der Waals surface area contributed by atoms with E-state index in [0.29, 0.717) is 41.5 Å². The van der Waals surface area contributed by atoms with Crippen LogP contribution in [0.4, 0.5) is 14.9 Å². The topological polar surface area (TPSA) is 84.7 Å². The van der Waals surface area contributed by atoms with Crippen LogP contribution in [0.25, 0.3) is 0 Å². The van der Waals surface area contributed by atoms with Crippen LogP contribution in [0, 0.1) is 11.7 Å². The fourth-order valence-electron chi connectivity index (χ4n) is 3.12. The molecule has 8 heteroatoms. The summed E-state index contributed by atoms with van der Waals surface area (Å²) >= 11 is 6.24. The van der Waals surface area contributed by atoms with E-state index in [0.717, 1.165) is 6.42 Å². The standard InChI is InChI=1S/C20H21ClFN3O3/c21-17-10-16(24-19(26)14-4-2-8-25(11-14)20(23)27)6-7-18(17)28-12-13-3-1-5-15(22)9-13/h1,3,5-7,9-10,14H,2,4,8,11-12H2,(H2,23,27)(H,24,26)/t14-/m0/s1. The largest absolute Gasteiger partial charge is 0.487 e. The van der Waals surface area contributed by atoms with Crippen molar-refractivity contribution in [1.29, 1.82) is 0 Å². The average molecular weight is 406 g/mol. The molecule has 2 aromatic carbocycles. The zero-order valence-corrected chi connectivity index (χ0v) is 15.9. The van der Waals surface area contributed by atoms with Gasteiger partial charge in [-0.1, -0.05) is 23.7 Å². The van der Waals surface area contributed by atoms with Crippen molar-refractivity contribution in [1.82, 2.24) is 4.90 Å². The number of carbonyl (C=O) groups excluding carboxylic acids is 2. The Labute approximate surface area is 167 Å². The number of ether oxygens (including phenoxy) is 1. The molecule has 0 unspecified atom stereocenters. The van der Waals surface area contributed by atoms with Crippen LogP contribution < -0.4 is 15.8 Å². The van der Waals surface area contributed by atoms with Gasteiger partial charge in [-0.2, -0.15) is 0 Å². The number of primary amides is 1. The van der Waals surface area contributed by atoms with E-state index >= 15 is 0 Å². The SMILES string of the molecule is NC(=O)N1CCC[C@H](C(=O)Nc2ccc(OCc3cccc(F)c3)c(Cl)c2)C1.